The third kappa shape index (κ3) is 2.83. The van der Waals surface area contributed by atoms with Crippen LogP contribution < -0.4 is 5.32 Å². The van der Waals surface area contributed by atoms with E-state index >= 15 is 0 Å². The number of aromatic nitrogens is 1. The van der Waals surface area contributed by atoms with Crippen LogP contribution in [0.15, 0.2) is 42.5 Å². The first-order chi connectivity index (χ1) is 13.4. The molecule has 4 rings (SSSR count). The summed E-state index contributed by atoms with van der Waals surface area (Å²) in [5.74, 6) is -1.42. The van der Waals surface area contributed by atoms with Gasteiger partial charge in [-0.25, -0.2) is 8.78 Å². The number of nitrogens with zero attached hydrogens (tertiary/aromatic N) is 2. The summed E-state index contributed by atoms with van der Waals surface area (Å²) in [5, 5.41) is 3.42. The quantitative estimate of drug-likeness (QED) is 0.740. The Hall–Kier alpha value is -3.22. The first-order valence-corrected chi connectivity index (χ1v) is 8.97. The molecule has 1 saturated heterocycles. The number of aryl methyl sites for hydroxylation is 2. The van der Waals surface area contributed by atoms with Crippen LogP contribution in [0.4, 0.5) is 8.78 Å². The standard InChI is InChI=1S/C21H19F2N3O2/c1-12-16-11-15(23)7-8-17(16)25(2)18(12)21(28)26-10-9-24-20(27)19(26)13-3-5-14(22)6-4-13/h3-8,11,19H,9-10H2,1-2H3,(H,24,27)/t19-/m0/s1. The highest BCUT2D eigenvalue weighted by Crippen LogP contribution is 2.30. The number of halogens is 2. The Kier molecular flexibility index (Phi) is 4.37. The van der Waals surface area contributed by atoms with Gasteiger partial charge in [-0.05, 0) is 48.4 Å². The maximum Gasteiger partial charge on any atom is 0.271 e. The lowest BCUT2D eigenvalue weighted by atomic mass is 10.0. The molecule has 1 N–H and O–H groups in total. The second-order valence-electron chi connectivity index (χ2n) is 6.94. The van der Waals surface area contributed by atoms with Gasteiger partial charge in [0.1, 0.15) is 23.4 Å². The fourth-order valence-electron chi connectivity index (χ4n) is 3.90. The third-order valence-electron chi connectivity index (χ3n) is 5.28. The molecule has 2 amide bonds. The summed E-state index contributed by atoms with van der Waals surface area (Å²) in [5.41, 5.74) is 2.34. The molecule has 1 fully saturated rings. The molecule has 0 unspecified atom stereocenters. The SMILES string of the molecule is Cc1c(C(=O)N2CCNC(=O)[C@@H]2c2ccc(F)cc2)n(C)c2ccc(F)cc12. The number of hydrogen-bond donors (Lipinski definition) is 1. The van der Waals surface area contributed by atoms with Crippen LogP contribution in [0.2, 0.25) is 0 Å². The predicted molar refractivity (Wildman–Crippen MR) is 101 cm³/mol. The van der Waals surface area contributed by atoms with Gasteiger partial charge >= 0.3 is 0 Å². The average Bonchev–Trinajstić information content (AvgIpc) is 2.92. The lowest BCUT2D eigenvalue weighted by Crippen LogP contribution is -2.52. The Labute approximate surface area is 160 Å². The van der Waals surface area contributed by atoms with Gasteiger partial charge in [0, 0.05) is 31.0 Å². The number of fused-ring (bicyclic) bond motifs is 1. The maximum absolute atomic E-state index is 13.7. The van der Waals surface area contributed by atoms with E-state index in [1.807, 2.05) is 0 Å². The minimum Gasteiger partial charge on any atom is -0.352 e. The van der Waals surface area contributed by atoms with Crippen LogP contribution in [0.1, 0.15) is 27.7 Å². The number of piperazine rings is 1. The highest BCUT2D eigenvalue weighted by Gasteiger charge is 2.36. The maximum atomic E-state index is 13.7. The van der Waals surface area contributed by atoms with Crippen molar-refractivity contribution in [1.29, 1.82) is 0 Å². The molecule has 1 atom stereocenters. The summed E-state index contributed by atoms with van der Waals surface area (Å²) in [6, 6.07) is 9.10. The molecule has 1 aliphatic rings. The minimum atomic E-state index is -0.851. The first kappa shape index (κ1) is 18.2. The Balaban J connectivity index is 1.80. The zero-order valence-corrected chi connectivity index (χ0v) is 15.5. The number of amides is 2. The van der Waals surface area contributed by atoms with Gasteiger partial charge in [-0.2, -0.15) is 0 Å². The average molecular weight is 383 g/mol. The molecule has 2 heterocycles. The van der Waals surface area contributed by atoms with E-state index in [1.165, 1.54) is 41.3 Å². The Bertz CT molecular complexity index is 1090. The van der Waals surface area contributed by atoms with Crippen molar-refractivity contribution in [1.82, 2.24) is 14.8 Å². The molecule has 3 aromatic rings. The molecule has 0 radical (unpaired) electrons. The first-order valence-electron chi connectivity index (χ1n) is 8.97. The molecule has 7 heteroatoms. The molecule has 1 aromatic heterocycles. The summed E-state index contributed by atoms with van der Waals surface area (Å²) >= 11 is 0. The topological polar surface area (TPSA) is 54.3 Å². The van der Waals surface area contributed by atoms with Gasteiger partial charge in [-0.3, -0.25) is 9.59 Å². The Morgan fingerprint density at radius 3 is 2.50 bits per heavy atom. The molecule has 5 nitrogen and oxygen atoms in total. The van der Waals surface area contributed by atoms with Crippen LogP contribution in [0, 0.1) is 18.6 Å². The van der Waals surface area contributed by atoms with Crippen molar-refractivity contribution in [2.45, 2.75) is 13.0 Å². The number of carbonyl (C=O) groups excluding carboxylic acids is 2. The van der Waals surface area contributed by atoms with Gasteiger partial charge in [-0.15, -0.1) is 0 Å². The molecule has 2 aromatic carbocycles. The third-order valence-corrected chi connectivity index (χ3v) is 5.28. The minimum absolute atomic E-state index is 0.311. The van der Waals surface area contributed by atoms with Crippen molar-refractivity contribution in [3.63, 3.8) is 0 Å². The van der Waals surface area contributed by atoms with Gasteiger partial charge in [0.25, 0.3) is 5.91 Å². The molecule has 144 valence electrons. The van der Waals surface area contributed by atoms with E-state index in [0.29, 0.717) is 35.3 Å². The van der Waals surface area contributed by atoms with E-state index in [0.717, 1.165) is 5.52 Å². The van der Waals surface area contributed by atoms with Crippen LogP contribution in [0.25, 0.3) is 10.9 Å². The number of hydrogen-bond acceptors (Lipinski definition) is 2. The lowest BCUT2D eigenvalue weighted by Gasteiger charge is -2.35. The fourth-order valence-corrected chi connectivity index (χ4v) is 3.90. The van der Waals surface area contributed by atoms with Crippen LogP contribution in [-0.4, -0.2) is 34.4 Å². The van der Waals surface area contributed by atoms with Gasteiger partial charge in [0.15, 0.2) is 0 Å². The molecular weight excluding hydrogens is 364 g/mol. The fraction of sp³-hybridized carbons (Fsp3) is 0.238. The Morgan fingerprint density at radius 1 is 1.11 bits per heavy atom. The van der Waals surface area contributed by atoms with E-state index in [9.17, 15) is 18.4 Å². The van der Waals surface area contributed by atoms with Gasteiger partial charge in [0.2, 0.25) is 5.91 Å². The van der Waals surface area contributed by atoms with Crippen LogP contribution in [0.3, 0.4) is 0 Å². The number of carbonyl (C=O) groups is 2. The second-order valence-corrected chi connectivity index (χ2v) is 6.94. The predicted octanol–water partition coefficient (Wildman–Crippen LogP) is 3.08. The molecule has 0 aliphatic carbocycles. The van der Waals surface area contributed by atoms with Crippen molar-refractivity contribution < 1.29 is 18.4 Å². The normalized spacial score (nSPS) is 17.1. The van der Waals surface area contributed by atoms with E-state index in [2.05, 4.69) is 5.32 Å². The van der Waals surface area contributed by atoms with Crippen molar-refractivity contribution in [3.8, 4) is 0 Å². The Morgan fingerprint density at radius 2 is 1.79 bits per heavy atom. The summed E-state index contributed by atoms with van der Waals surface area (Å²) in [6.45, 7) is 2.42. The van der Waals surface area contributed by atoms with E-state index in [4.69, 9.17) is 0 Å². The summed E-state index contributed by atoms with van der Waals surface area (Å²) < 4.78 is 28.7. The number of rotatable bonds is 2. The van der Waals surface area contributed by atoms with E-state index in [-0.39, 0.29) is 17.6 Å². The monoisotopic (exact) mass is 383 g/mol. The van der Waals surface area contributed by atoms with Crippen LogP contribution in [-0.2, 0) is 11.8 Å². The second kappa shape index (κ2) is 6.74. The van der Waals surface area contributed by atoms with E-state index in [1.54, 1.807) is 24.6 Å². The highest BCUT2D eigenvalue weighted by molar-refractivity contribution is 6.03. The summed E-state index contributed by atoms with van der Waals surface area (Å²) in [4.78, 5) is 27.5. The van der Waals surface area contributed by atoms with Gasteiger partial charge < -0.3 is 14.8 Å². The van der Waals surface area contributed by atoms with Gasteiger partial charge in [-0.1, -0.05) is 12.1 Å². The van der Waals surface area contributed by atoms with Crippen molar-refractivity contribution in [2.75, 3.05) is 13.1 Å². The molecule has 28 heavy (non-hydrogen) atoms. The van der Waals surface area contributed by atoms with Crippen LogP contribution in [0.5, 0.6) is 0 Å². The number of nitrogens with one attached hydrogen (secondary N) is 1. The number of benzene rings is 2. The lowest BCUT2D eigenvalue weighted by molar-refractivity contribution is -0.128. The summed E-state index contributed by atoms with van der Waals surface area (Å²) in [7, 11) is 1.75. The molecule has 0 spiro atoms. The van der Waals surface area contributed by atoms with Gasteiger partial charge in [0.05, 0.1) is 0 Å². The molecule has 0 saturated carbocycles. The molecular formula is C21H19F2N3O2. The molecule has 0 bridgehead atoms. The van der Waals surface area contributed by atoms with Crippen molar-refractivity contribution in [2.24, 2.45) is 7.05 Å². The summed E-state index contributed by atoms with van der Waals surface area (Å²) in [6.07, 6.45) is 0. The zero-order valence-electron chi connectivity index (χ0n) is 15.5. The van der Waals surface area contributed by atoms with Crippen LogP contribution >= 0.6 is 0 Å². The van der Waals surface area contributed by atoms with Crippen molar-refractivity contribution >= 4 is 22.7 Å². The smallest absolute Gasteiger partial charge is 0.271 e. The van der Waals surface area contributed by atoms with E-state index < -0.39 is 11.9 Å². The highest BCUT2D eigenvalue weighted by atomic mass is 19.1. The largest absolute Gasteiger partial charge is 0.352 e. The molecule has 1 aliphatic heterocycles. The zero-order chi connectivity index (χ0) is 20.0. The van der Waals surface area contributed by atoms with Crippen molar-refractivity contribution in [3.05, 3.63) is 70.9 Å².